The number of benzene rings is 7. The van der Waals surface area contributed by atoms with E-state index in [1.54, 1.807) is 0 Å². The maximum Gasteiger partial charge on any atom is 0.248 e. The van der Waals surface area contributed by atoms with Crippen LogP contribution < -0.4 is 0 Å². The second-order valence-corrected chi connectivity index (χ2v) is 12.9. The minimum Gasteiger partial charge on any atom is -0.455 e. The van der Waals surface area contributed by atoms with E-state index in [1.165, 1.54) is 44.5 Å². The summed E-state index contributed by atoms with van der Waals surface area (Å²) in [5.41, 5.74) is 15.3. The van der Waals surface area contributed by atoms with E-state index in [2.05, 4.69) is 125 Å². The molecule has 0 fully saturated rings. The van der Waals surface area contributed by atoms with E-state index in [4.69, 9.17) is 8.83 Å². The van der Waals surface area contributed by atoms with Crippen molar-refractivity contribution in [2.45, 2.75) is 5.41 Å². The fraction of sp³-hybridized carbons (Fsp3) is 0.0222. The monoisotopic (exact) mass is 626 g/mol. The number of rotatable bonds is 3. The van der Waals surface area contributed by atoms with Crippen molar-refractivity contribution in [2.75, 3.05) is 0 Å². The van der Waals surface area contributed by atoms with Crippen LogP contribution in [0.5, 0.6) is 0 Å². The van der Waals surface area contributed by atoms with Crippen molar-refractivity contribution in [3.63, 3.8) is 0 Å². The predicted molar refractivity (Wildman–Crippen MR) is 194 cm³/mol. The van der Waals surface area contributed by atoms with Gasteiger partial charge in [-0.1, -0.05) is 121 Å². The second kappa shape index (κ2) is 9.75. The van der Waals surface area contributed by atoms with Gasteiger partial charge >= 0.3 is 0 Å². The van der Waals surface area contributed by atoms with Crippen molar-refractivity contribution in [1.29, 1.82) is 0 Å². The molecule has 0 saturated carbocycles. The molecule has 9 aromatic rings. The van der Waals surface area contributed by atoms with Crippen LogP contribution in [0.2, 0.25) is 0 Å². The van der Waals surface area contributed by atoms with Crippen molar-refractivity contribution >= 4 is 21.9 Å². The number of para-hydroxylation sites is 2. The minimum atomic E-state index is -0.534. The summed E-state index contributed by atoms with van der Waals surface area (Å²) in [5, 5.41) is 11.2. The van der Waals surface area contributed by atoms with E-state index in [0.29, 0.717) is 11.8 Å². The van der Waals surface area contributed by atoms with Gasteiger partial charge in [0.1, 0.15) is 11.2 Å². The van der Waals surface area contributed by atoms with Crippen LogP contribution >= 0.6 is 0 Å². The first-order valence-corrected chi connectivity index (χ1v) is 16.6. The van der Waals surface area contributed by atoms with Crippen LogP contribution in [0.4, 0.5) is 0 Å². The van der Waals surface area contributed by atoms with Gasteiger partial charge in [0.15, 0.2) is 0 Å². The van der Waals surface area contributed by atoms with Crippen molar-refractivity contribution in [2.24, 2.45) is 0 Å². The molecule has 0 atom stereocenters. The summed E-state index contributed by atoms with van der Waals surface area (Å²) in [6.07, 6.45) is 0. The van der Waals surface area contributed by atoms with Gasteiger partial charge in [-0.15, -0.1) is 10.2 Å². The number of aromatic nitrogens is 2. The average Bonchev–Trinajstić information content (AvgIpc) is 3.94. The first-order valence-electron chi connectivity index (χ1n) is 16.6. The molecule has 0 amide bonds. The molecule has 1 spiro atoms. The fourth-order valence-corrected chi connectivity index (χ4v) is 8.45. The van der Waals surface area contributed by atoms with Crippen LogP contribution in [0.3, 0.4) is 0 Å². The Hall–Kier alpha value is -6.52. The van der Waals surface area contributed by atoms with E-state index >= 15 is 0 Å². The van der Waals surface area contributed by atoms with E-state index in [1.807, 2.05) is 42.5 Å². The molecule has 4 heteroatoms. The third-order valence-electron chi connectivity index (χ3n) is 10.5. The zero-order valence-electron chi connectivity index (χ0n) is 26.2. The number of fused-ring (bicyclic) bond motifs is 13. The summed E-state index contributed by atoms with van der Waals surface area (Å²) in [5.74, 6) is 1.01. The zero-order chi connectivity index (χ0) is 32.1. The van der Waals surface area contributed by atoms with Crippen LogP contribution in [0, 0.1) is 0 Å². The van der Waals surface area contributed by atoms with Gasteiger partial charge < -0.3 is 8.83 Å². The normalized spacial score (nSPS) is 13.5. The molecule has 0 N–H and O–H groups in total. The Morgan fingerprint density at radius 1 is 0.367 bits per heavy atom. The summed E-state index contributed by atoms with van der Waals surface area (Å²) in [7, 11) is 0. The van der Waals surface area contributed by atoms with Crippen LogP contribution in [0.25, 0.3) is 78.2 Å². The first-order chi connectivity index (χ1) is 24.3. The summed E-state index contributed by atoms with van der Waals surface area (Å²) in [6, 6.07) is 55.9. The lowest BCUT2D eigenvalue weighted by molar-refractivity contribution is 0.584. The molecule has 49 heavy (non-hydrogen) atoms. The quantitative estimate of drug-likeness (QED) is 0.196. The van der Waals surface area contributed by atoms with E-state index in [9.17, 15) is 0 Å². The molecule has 0 bridgehead atoms. The second-order valence-electron chi connectivity index (χ2n) is 12.9. The van der Waals surface area contributed by atoms with E-state index < -0.39 is 5.41 Å². The van der Waals surface area contributed by atoms with Gasteiger partial charge in [-0.25, -0.2) is 0 Å². The summed E-state index contributed by atoms with van der Waals surface area (Å²) in [6.45, 7) is 0. The van der Waals surface area contributed by atoms with Crippen molar-refractivity contribution < 1.29 is 8.83 Å². The van der Waals surface area contributed by atoms with Gasteiger partial charge in [0.2, 0.25) is 11.8 Å². The van der Waals surface area contributed by atoms with Gasteiger partial charge in [0, 0.05) is 27.5 Å². The molecule has 0 saturated heterocycles. The van der Waals surface area contributed by atoms with Gasteiger partial charge in [0.25, 0.3) is 0 Å². The number of hydrogen-bond acceptors (Lipinski definition) is 4. The lowest BCUT2D eigenvalue weighted by Gasteiger charge is -2.31. The molecule has 228 valence electrons. The predicted octanol–water partition coefficient (Wildman–Crippen LogP) is 11.3. The standard InChI is InChI=1S/C45H26N2O2/c1-2-11-27(12-3-1)43-46-47-44(49-43)29-22-24-34-33-23-21-28(30-16-10-17-36-35-15-6-9-20-41(35)48-42(30)36)25-39(33)45(40(34)26-29)37-18-7-4-13-31(37)32-14-5-8-19-38(32)45/h1-26H. The molecule has 0 unspecified atom stereocenters. The Balaban J connectivity index is 1.17. The average molecular weight is 627 g/mol. The molecule has 0 aliphatic heterocycles. The summed E-state index contributed by atoms with van der Waals surface area (Å²) < 4.78 is 12.8. The molecule has 2 aromatic heterocycles. The topological polar surface area (TPSA) is 52.1 Å². The lowest BCUT2D eigenvalue weighted by atomic mass is 9.70. The third kappa shape index (κ3) is 3.52. The highest BCUT2D eigenvalue weighted by molar-refractivity contribution is 6.10. The number of furan rings is 1. The summed E-state index contributed by atoms with van der Waals surface area (Å²) >= 11 is 0. The Morgan fingerprint density at radius 3 is 1.67 bits per heavy atom. The van der Waals surface area contributed by atoms with Gasteiger partial charge in [-0.3, -0.25) is 0 Å². The first kappa shape index (κ1) is 26.5. The Bertz CT molecular complexity index is 2740. The minimum absolute atomic E-state index is 0.504. The highest BCUT2D eigenvalue weighted by Crippen LogP contribution is 2.63. The molecule has 2 aliphatic carbocycles. The van der Waals surface area contributed by atoms with Crippen LogP contribution in [0.15, 0.2) is 167 Å². The van der Waals surface area contributed by atoms with Gasteiger partial charge in [0.05, 0.1) is 5.41 Å². The van der Waals surface area contributed by atoms with Crippen molar-refractivity contribution in [3.05, 3.63) is 180 Å². The molecule has 2 aliphatic rings. The fourth-order valence-electron chi connectivity index (χ4n) is 8.45. The van der Waals surface area contributed by atoms with Crippen molar-refractivity contribution in [1.82, 2.24) is 10.2 Å². The Labute approximate surface area is 281 Å². The van der Waals surface area contributed by atoms with Gasteiger partial charge in [-0.05, 0) is 86.5 Å². The van der Waals surface area contributed by atoms with Crippen LogP contribution in [0.1, 0.15) is 22.3 Å². The summed E-state index contributed by atoms with van der Waals surface area (Å²) in [4.78, 5) is 0. The molecule has 11 rings (SSSR count). The molecule has 0 radical (unpaired) electrons. The van der Waals surface area contributed by atoms with Crippen LogP contribution in [-0.2, 0) is 5.41 Å². The lowest BCUT2D eigenvalue weighted by Crippen LogP contribution is -2.26. The van der Waals surface area contributed by atoms with E-state index in [-0.39, 0.29) is 0 Å². The zero-order valence-corrected chi connectivity index (χ0v) is 26.2. The molecular formula is C45H26N2O2. The Kier molecular flexibility index (Phi) is 5.28. The third-order valence-corrected chi connectivity index (χ3v) is 10.5. The molecule has 2 heterocycles. The SMILES string of the molecule is c1ccc(-c2nnc(-c3ccc4c(c3)C3(c5ccccc5-c5ccccc53)c3cc(-c5cccc6c5oc5ccccc56)ccc3-4)o2)cc1. The highest BCUT2D eigenvalue weighted by atomic mass is 16.4. The smallest absolute Gasteiger partial charge is 0.248 e. The maximum atomic E-state index is 6.52. The number of nitrogens with zero attached hydrogens (tertiary/aromatic N) is 2. The largest absolute Gasteiger partial charge is 0.455 e. The molecule has 7 aromatic carbocycles. The molecular weight excluding hydrogens is 601 g/mol. The highest BCUT2D eigenvalue weighted by Gasteiger charge is 2.51. The van der Waals surface area contributed by atoms with Crippen LogP contribution in [-0.4, -0.2) is 10.2 Å². The Morgan fingerprint density at radius 2 is 0.918 bits per heavy atom. The van der Waals surface area contributed by atoms with Gasteiger partial charge in [-0.2, -0.15) is 0 Å². The maximum absolute atomic E-state index is 6.52. The van der Waals surface area contributed by atoms with E-state index in [0.717, 1.165) is 44.2 Å². The molecule has 4 nitrogen and oxygen atoms in total. The van der Waals surface area contributed by atoms with Crippen molar-refractivity contribution in [3.8, 4) is 56.3 Å². The number of hydrogen-bond donors (Lipinski definition) is 0.